The molecule has 0 radical (unpaired) electrons. The topological polar surface area (TPSA) is 99.3 Å². The first-order chi connectivity index (χ1) is 14.3. The SMILES string of the molecule is Cl.Nn1c(=O)c2cc(F)c(N3CCC(N)(c4ccccc4)C3)c(Cl)c2n(C2CC2)c1=O. The van der Waals surface area contributed by atoms with Gasteiger partial charge in [-0.3, -0.25) is 9.36 Å². The molecule has 1 aliphatic carbocycles. The number of nitrogens with two attached hydrogens (primary N) is 2. The maximum atomic E-state index is 15.2. The summed E-state index contributed by atoms with van der Waals surface area (Å²) in [6.07, 6.45) is 2.17. The summed E-state index contributed by atoms with van der Waals surface area (Å²) >= 11 is 6.67. The number of fused-ring (bicyclic) bond motifs is 1. The Morgan fingerprint density at radius 1 is 1.16 bits per heavy atom. The molecule has 0 spiro atoms. The van der Waals surface area contributed by atoms with Gasteiger partial charge in [-0.05, 0) is 30.9 Å². The molecule has 7 nitrogen and oxygen atoms in total. The lowest BCUT2D eigenvalue weighted by Gasteiger charge is -2.27. The van der Waals surface area contributed by atoms with Gasteiger partial charge >= 0.3 is 5.69 Å². The van der Waals surface area contributed by atoms with Crippen LogP contribution in [0.3, 0.4) is 0 Å². The van der Waals surface area contributed by atoms with E-state index in [1.165, 1.54) is 4.57 Å². The molecular formula is C21H22Cl2FN5O2. The standard InChI is InChI=1S/C21H21ClFN5O2.ClH/c22-16-17-14(19(29)28(25)20(30)27(17)13-6-7-13)10-15(23)18(16)26-9-8-21(24,11-26)12-4-2-1-3-5-12;/h1-5,10,13H,6-9,11,24-25H2;1H. The Bertz CT molecular complexity index is 1290. The second kappa shape index (κ2) is 7.55. The largest absolute Gasteiger partial charge is 0.366 e. The van der Waals surface area contributed by atoms with E-state index in [9.17, 15) is 9.59 Å². The number of benzene rings is 2. The number of nitrogens with zero attached hydrogens (tertiary/aromatic N) is 3. The number of hydrogen-bond acceptors (Lipinski definition) is 5. The molecule has 2 heterocycles. The molecule has 31 heavy (non-hydrogen) atoms. The molecule has 1 atom stereocenters. The van der Waals surface area contributed by atoms with Gasteiger partial charge in [0, 0.05) is 19.1 Å². The lowest BCUT2D eigenvalue weighted by Crippen LogP contribution is -2.44. The summed E-state index contributed by atoms with van der Waals surface area (Å²) in [7, 11) is 0. The third-order valence-corrected chi connectivity index (χ3v) is 6.51. The van der Waals surface area contributed by atoms with E-state index in [0.717, 1.165) is 24.5 Å². The lowest BCUT2D eigenvalue weighted by molar-refractivity contribution is 0.499. The van der Waals surface area contributed by atoms with E-state index in [-0.39, 0.29) is 40.1 Å². The fourth-order valence-corrected chi connectivity index (χ4v) is 4.82. The molecule has 4 N–H and O–H groups in total. The zero-order valence-corrected chi connectivity index (χ0v) is 18.1. The van der Waals surface area contributed by atoms with Gasteiger partial charge in [0.05, 0.1) is 27.2 Å². The minimum atomic E-state index is -0.766. The van der Waals surface area contributed by atoms with E-state index in [1.807, 2.05) is 30.3 Å². The van der Waals surface area contributed by atoms with Crippen molar-refractivity contribution < 1.29 is 4.39 Å². The van der Waals surface area contributed by atoms with E-state index < -0.39 is 22.6 Å². The van der Waals surface area contributed by atoms with Gasteiger partial charge in [-0.25, -0.2) is 9.18 Å². The zero-order valence-electron chi connectivity index (χ0n) is 16.6. The fraction of sp³-hybridized carbons (Fsp3) is 0.333. The van der Waals surface area contributed by atoms with E-state index in [2.05, 4.69) is 0 Å². The van der Waals surface area contributed by atoms with Crippen molar-refractivity contribution >= 4 is 40.6 Å². The van der Waals surface area contributed by atoms with Crippen molar-refractivity contribution in [1.82, 2.24) is 9.24 Å². The van der Waals surface area contributed by atoms with Crippen molar-refractivity contribution in [2.24, 2.45) is 5.73 Å². The lowest BCUT2D eigenvalue weighted by atomic mass is 9.90. The molecule has 1 unspecified atom stereocenters. The summed E-state index contributed by atoms with van der Waals surface area (Å²) in [5, 5.41) is 0.0422. The monoisotopic (exact) mass is 465 g/mol. The highest BCUT2D eigenvalue weighted by Gasteiger charge is 2.39. The summed E-state index contributed by atoms with van der Waals surface area (Å²) in [6.45, 7) is 0.857. The van der Waals surface area contributed by atoms with Crippen LogP contribution in [0.2, 0.25) is 5.02 Å². The molecular weight excluding hydrogens is 444 g/mol. The molecule has 0 bridgehead atoms. The normalized spacial score (nSPS) is 20.8. The maximum Gasteiger partial charge on any atom is 0.350 e. The Balaban J connectivity index is 0.00000231. The zero-order chi connectivity index (χ0) is 21.2. The van der Waals surface area contributed by atoms with Crippen LogP contribution < -0.4 is 27.7 Å². The van der Waals surface area contributed by atoms with Crippen LogP contribution in [0.1, 0.15) is 30.9 Å². The number of halogens is 3. The number of hydrogen-bond donors (Lipinski definition) is 2. The number of nitrogen functional groups attached to an aromatic ring is 1. The molecule has 2 aliphatic rings. The van der Waals surface area contributed by atoms with Crippen LogP contribution in [0.5, 0.6) is 0 Å². The highest BCUT2D eigenvalue weighted by atomic mass is 35.5. The molecule has 1 aromatic heterocycles. The first-order valence-electron chi connectivity index (χ1n) is 9.85. The molecule has 5 rings (SSSR count). The maximum absolute atomic E-state index is 15.2. The highest BCUT2D eigenvalue weighted by Crippen LogP contribution is 2.43. The molecule has 1 saturated carbocycles. The van der Waals surface area contributed by atoms with Gasteiger partial charge in [-0.2, -0.15) is 4.68 Å². The Kier molecular flexibility index (Phi) is 5.28. The van der Waals surface area contributed by atoms with Crippen LogP contribution in [0, 0.1) is 5.82 Å². The third-order valence-electron chi connectivity index (χ3n) is 6.15. The average molecular weight is 466 g/mol. The second-order valence-corrected chi connectivity index (χ2v) is 8.55. The Morgan fingerprint density at radius 3 is 2.48 bits per heavy atom. The van der Waals surface area contributed by atoms with Crippen LogP contribution in [0.4, 0.5) is 10.1 Å². The predicted molar refractivity (Wildman–Crippen MR) is 122 cm³/mol. The number of aromatic nitrogens is 2. The van der Waals surface area contributed by atoms with Crippen molar-refractivity contribution in [3.8, 4) is 0 Å². The van der Waals surface area contributed by atoms with E-state index in [1.54, 1.807) is 4.90 Å². The van der Waals surface area contributed by atoms with Crippen LogP contribution in [0.25, 0.3) is 10.9 Å². The van der Waals surface area contributed by atoms with E-state index in [4.69, 9.17) is 23.2 Å². The van der Waals surface area contributed by atoms with Gasteiger partial charge in [0.2, 0.25) is 0 Å². The van der Waals surface area contributed by atoms with Gasteiger partial charge in [0.1, 0.15) is 5.82 Å². The first kappa shape index (κ1) is 21.7. The third kappa shape index (κ3) is 3.30. The van der Waals surface area contributed by atoms with Crippen molar-refractivity contribution in [1.29, 1.82) is 0 Å². The summed E-state index contributed by atoms with van der Waals surface area (Å²) in [4.78, 5) is 27.0. The smallest absolute Gasteiger partial charge is 0.350 e. The molecule has 2 fully saturated rings. The molecule has 164 valence electrons. The van der Waals surface area contributed by atoms with Crippen LogP contribution in [-0.2, 0) is 5.54 Å². The van der Waals surface area contributed by atoms with Crippen LogP contribution in [0.15, 0.2) is 46.0 Å². The van der Waals surface area contributed by atoms with Crippen molar-refractivity contribution in [3.05, 3.63) is 73.6 Å². The van der Waals surface area contributed by atoms with Crippen molar-refractivity contribution in [3.63, 3.8) is 0 Å². The summed E-state index contributed by atoms with van der Waals surface area (Å²) < 4.78 is 17.1. The first-order valence-corrected chi connectivity index (χ1v) is 10.2. The van der Waals surface area contributed by atoms with Crippen LogP contribution >= 0.6 is 24.0 Å². The Labute approximate surface area is 188 Å². The molecule has 0 amide bonds. The van der Waals surface area contributed by atoms with Gasteiger partial charge in [-0.1, -0.05) is 41.9 Å². The van der Waals surface area contributed by atoms with Gasteiger partial charge in [0.15, 0.2) is 0 Å². The molecule has 10 heteroatoms. The van der Waals surface area contributed by atoms with Gasteiger partial charge in [0.25, 0.3) is 5.56 Å². The van der Waals surface area contributed by atoms with Gasteiger partial charge < -0.3 is 16.5 Å². The minimum absolute atomic E-state index is 0. The molecule has 1 aliphatic heterocycles. The van der Waals surface area contributed by atoms with Crippen LogP contribution in [-0.4, -0.2) is 22.3 Å². The quantitative estimate of drug-likeness (QED) is 0.578. The predicted octanol–water partition coefficient (Wildman–Crippen LogP) is 2.49. The summed E-state index contributed by atoms with van der Waals surface area (Å²) in [5.41, 5.74) is 5.95. The highest BCUT2D eigenvalue weighted by molar-refractivity contribution is 6.38. The number of anilines is 1. The molecule has 2 aromatic carbocycles. The van der Waals surface area contributed by atoms with E-state index in [0.29, 0.717) is 24.2 Å². The summed E-state index contributed by atoms with van der Waals surface area (Å²) in [5.74, 6) is 5.02. The second-order valence-electron chi connectivity index (χ2n) is 8.17. The van der Waals surface area contributed by atoms with Gasteiger partial charge in [-0.15, -0.1) is 12.4 Å². The van der Waals surface area contributed by atoms with Crippen molar-refractivity contribution in [2.45, 2.75) is 30.8 Å². The average Bonchev–Trinajstić information content (AvgIpc) is 3.50. The minimum Gasteiger partial charge on any atom is -0.366 e. The van der Waals surface area contributed by atoms with E-state index >= 15 is 4.39 Å². The Morgan fingerprint density at radius 2 is 1.84 bits per heavy atom. The van der Waals surface area contributed by atoms with Crippen molar-refractivity contribution in [2.75, 3.05) is 23.8 Å². The summed E-state index contributed by atoms with van der Waals surface area (Å²) in [6, 6.07) is 10.7. The molecule has 3 aromatic rings. The Hall–Kier alpha value is -2.55. The number of rotatable bonds is 3. The fourth-order valence-electron chi connectivity index (χ4n) is 4.42. The molecule has 1 saturated heterocycles.